The maximum atomic E-state index is 11.1. The van der Waals surface area contributed by atoms with Gasteiger partial charge in [0.1, 0.15) is 11.7 Å². The molecule has 0 heterocycles. The third-order valence-corrected chi connectivity index (χ3v) is 2.91. The SMILES string of the molecule is CC(=O)C(Cl)c1ccc(CCl)cc1C=O. The Balaban J connectivity index is 3.18. The van der Waals surface area contributed by atoms with Gasteiger partial charge in [-0.3, -0.25) is 9.59 Å². The summed E-state index contributed by atoms with van der Waals surface area (Å²) in [4.78, 5) is 21.9. The van der Waals surface area contributed by atoms with Gasteiger partial charge < -0.3 is 0 Å². The Morgan fingerprint density at radius 1 is 1.53 bits per heavy atom. The first-order valence-corrected chi connectivity index (χ1v) is 5.35. The van der Waals surface area contributed by atoms with Gasteiger partial charge in [-0.2, -0.15) is 0 Å². The lowest BCUT2D eigenvalue weighted by Crippen LogP contribution is -2.05. The number of hydrogen-bond donors (Lipinski definition) is 0. The van der Waals surface area contributed by atoms with Crippen LogP contribution in [0.2, 0.25) is 0 Å². The molecule has 0 aromatic heterocycles. The molecule has 80 valence electrons. The minimum absolute atomic E-state index is 0.182. The molecule has 0 fully saturated rings. The van der Waals surface area contributed by atoms with Crippen molar-refractivity contribution in [1.29, 1.82) is 0 Å². The molecule has 0 aliphatic rings. The predicted molar refractivity (Wildman–Crippen MR) is 60.7 cm³/mol. The van der Waals surface area contributed by atoms with E-state index in [1.54, 1.807) is 18.2 Å². The molecule has 1 atom stereocenters. The van der Waals surface area contributed by atoms with Gasteiger partial charge in [-0.1, -0.05) is 12.1 Å². The number of benzene rings is 1. The van der Waals surface area contributed by atoms with Crippen LogP contribution in [-0.4, -0.2) is 12.1 Å². The fourth-order valence-corrected chi connectivity index (χ4v) is 1.62. The van der Waals surface area contributed by atoms with E-state index in [1.807, 2.05) is 0 Å². The van der Waals surface area contributed by atoms with Crippen LogP contribution in [-0.2, 0) is 10.7 Å². The maximum absolute atomic E-state index is 11.1. The summed E-state index contributed by atoms with van der Waals surface area (Å²) in [6, 6.07) is 5.07. The number of rotatable bonds is 4. The first-order chi connectivity index (χ1) is 7.10. The van der Waals surface area contributed by atoms with Gasteiger partial charge in [0.15, 0.2) is 5.78 Å². The van der Waals surface area contributed by atoms with Crippen LogP contribution in [0, 0.1) is 0 Å². The molecule has 1 aromatic rings. The number of aldehydes is 1. The highest BCUT2D eigenvalue weighted by molar-refractivity contribution is 6.31. The first-order valence-electron chi connectivity index (χ1n) is 4.38. The van der Waals surface area contributed by atoms with Gasteiger partial charge in [0.2, 0.25) is 0 Å². The van der Waals surface area contributed by atoms with Gasteiger partial charge in [-0.15, -0.1) is 23.2 Å². The van der Waals surface area contributed by atoms with E-state index in [9.17, 15) is 9.59 Å². The summed E-state index contributed by atoms with van der Waals surface area (Å²) in [7, 11) is 0. The lowest BCUT2D eigenvalue weighted by atomic mass is 10.0. The highest BCUT2D eigenvalue weighted by Crippen LogP contribution is 2.25. The molecule has 0 amide bonds. The van der Waals surface area contributed by atoms with Crippen molar-refractivity contribution >= 4 is 35.3 Å². The van der Waals surface area contributed by atoms with Crippen molar-refractivity contribution < 1.29 is 9.59 Å². The van der Waals surface area contributed by atoms with E-state index in [0.717, 1.165) is 5.56 Å². The number of alkyl halides is 2. The van der Waals surface area contributed by atoms with Crippen LogP contribution in [0.5, 0.6) is 0 Å². The molecule has 0 aliphatic heterocycles. The minimum atomic E-state index is -0.769. The van der Waals surface area contributed by atoms with Crippen molar-refractivity contribution in [2.24, 2.45) is 0 Å². The monoisotopic (exact) mass is 244 g/mol. The van der Waals surface area contributed by atoms with E-state index in [0.29, 0.717) is 23.3 Å². The molecule has 0 radical (unpaired) electrons. The average Bonchev–Trinajstić information content (AvgIpc) is 2.27. The lowest BCUT2D eigenvalue weighted by Gasteiger charge is -2.09. The van der Waals surface area contributed by atoms with Crippen molar-refractivity contribution in [3.63, 3.8) is 0 Å². The molecule has 0 N–H and O–H groups in total. The molecular weight excluding hydrogens is 235 g/mol. The number of carbonyl (C=O) groups is 2. The zero-order valence-corrected chi connectivity index (χ0v) is 9.68. The highest BCUT2D eigenvalue weighted by Gasteiger charge is 2.16. The highest BCUT2D eigenvalue weighted by atomic mass is 35.5. The quantitative estimate of drug-likeness (QED) is 0.603. The van der Waals surface area contributed by atoms with E-state index in [2.05, 4.69) is 0 Å². The second-order valence-corrected chi connectivity index (χ2v) is 3.89. The Morgan fingerprint density at radius 2 is 2.20 bits per heavy atom. The molecule has 1 unspecified atom stereocenters. The van der Waals surface area contributed by atoms with Crippen molar-refractivity contribution in [2.45, 2.75) is 18.2 Å². The van der Waals surface area contributed by atoms with E-state index in [1.165, 1.54) is 6.92 Å². The Labute approximate surface area is 98.2 Å². The van der Waals surface area contributed by atoms with Crippen LogP contribution >= 0.6 is 23.2 Å². The second-order valence-electron chi connectivity index (χ2n) is 3.19. The number of carbonyl (C=O) groups excluding carboxylic acids is 2. The fraction of sp³-hybridized carbons (Fsp3) is 0.273. The Hall–Kier alpha value is -0.860. The average molecular weight is 245 g/mol. The standard InChI is InChI=1S/C11H10Cl2O2/c1-7(15)11(13)10-3-2-8(5-12)4-9(10)6-14/h2-4,6,11H,5H2,1H3. The molecule has 0 aliphatic carbocycles. The van der Waals surface area contributed by atoms with Gasteiger partial charge >= 0.3 is 0 Å². The number of hydrogen-bond acceptors (Lipinski definition) is 2. The minimum Gasteiger partial charge on any atom is -0.298 e. The van der Waals surface area contributed by atoms with Gasteiger partial charge in [0.05, 0.1) is 0 Å². The summed E-state index contributed by atoms with van der Waals surface area (Å²) < 4.78 is 0. The van der Waals surface area contributed by atoms with Crippen LogP contribution in [0.4, 0.5) is 0 Å². The van der Waals surface area contributed by atoms with Gasteiger partial charge in [-0.05, 0) is 24.1 Å². The maximum Gasteiger partial charge on any atom is 0.152 e. The Bertz CT molecular complexity index is 388. The topological polar surface area (TPSA) is 34.1 Å². The number of halogens is 2. The Kier molecular flexibility index (Phi) is 4.30. The molecule has 4 heteroatoms. The fourth-order valence-electron chi connectivity index (χ4n) is 1.26. The largest absolute Gasteiger partial charge is 0.298 e. The lowest BCUT2D eigenvalue weighted by molar-refractivity contribution is -0.116. The van der Waals surface area contributed by atoms with Gasteiger partial charge in [0.25, 0.3) is 0 Å². The summed E-state index contributed by atoms with van der Waals surface area (Å²) >= 11 is 11.5. The van der Waals surface area contributed by atoms with Crippen molar-refractivity contribution in [1.82, 2.24) is 0 Å². The number of Topliss-reactive ketones (excluding diaryl/α,β-unsaturated/α-hetero) is 1. The van der Waals surface area contributed by atoms with E-state index >= 15 is 0 Å². The van der Waals surface area contributed by atoms with Crippen molar-refractivity contribution in [2.75, 3.05) is 0 Å². The molecule has 2 nitrogen and oxygen atoms in total. The van der Waals surface area contributed by atoms with Crippen LogP contribution in [0.25, 0.3) is 0 Å². The van der Waals surface area contributed by atoms with Crippen molar-refractivity contribution in [3.05, 3.63) is 34.9 Å². The molecule has 1 rings (SSSR count). The molecule has 0 saturated heterocycles. The zero-order chi connectivity index (χ0) is 11.4. The summed E-state index contributed by atoms with van der Waals surface area (Å²) in [5.74, 6) is 0.145. The molecule has 0 spiro atoms. The molecular formula is C11H10Cl2O2. The van der Waals surface area contributed by atoms with E-state index < -0.39 is 5.38 Å². The third-order valence-electron chi connectivity index (χ3n) is 2.06. The summed E-state index contributed by atoms with van der Waals surface area (Å²) in [6.45, 7) is 1.39. The summed E-state index contributed by atoms with van der Waals surface area (Å²) in [5.41, 5.74) is 1.78. The zero-order valence-electron chi connectivity index (χ0n) is 8.17. The normalized spacial score (nSPS) is 12.2. The van der Waals surface area contributed by atoms with Crippen LogP contribution < -0.4 is 0 Å². The smallest absolute Gasteiger partial charge is 0.152 e. The van der Waals surface area contributed by atoms with Crippen molar-refractivity contribution in [3.8, 4) is 0 Å². The third kappa shape index (κ3) is 2.80. The van der Waals surface area contributed by atoms with Crippen LogP contribution in [0.15, 0.2) is 18.2 Å². The van der Waals surface area contributed by atoms with E-state index in [-0.39, 0.29) is 5.78 Å². The number of ketones is 1. The molecule has 15 heavy (non-hydrogen) atoms. The predicted octanol–water partition coefficient (Wildman–Crippen LogP) is 3.11. The van der Waals surface area contributed by atoms with Gasteiger partial charge in [0, 0.05) is 11.4 Å². The summed E-state index contributed by atoms with van der Waals surface area (Å²) in [6.07, 6.45) is 0.684. The molecule has 1 aromatic carbocycles. The molecule has 0 bridgehead atoms. The second kappa shape index (κ2) is 5.29. The molecule has 0 saturated carbocycles. The summed E-state index contributed by atoms with van der Waals surface area (Å²) in [5, 5.41) is -0.769. The van der Waals surface area contributed by atoms with Crippen LogP contribution in [0.3, 0.4) is 0 Å². The van der Waals surface area contributed by atoms with Gasteiger partial charge in [-0.25, -0.2) is 0 Å². The first kappa shape index (κ1) is 12.2. The Morgan fingerprint density at radius 3 is 2.67 bits per heavy atom. The van der Waals surface area contributed by atoms with E-state index in [4.69, 9.17) is 23.2 Å². The van der Waals surface area contributed by atoms with Crippen LogP contribution in [0.1, 0.15) is 33.8 Å².